The van der Waals surface area contributed by atoms with Gasteiger partial charge in [-0.2, -0.15) is 0 Å². The van der Waals surface area contributed by atoms with Crippen LogP contribution in [-0.2, 0) is 16.0 Å². The number of nitrogens with one attached hydrogen (secondary N) is 1. The first kappa shape index (κ1) is 20.6. The standard InChI is InChI=1S/C24H31N3O3/c1-2-14-25-23(29)24(13-8-15-27(24)22(28)19-11-6-7-12-19)17-20-16-21(26-30-20)18-9-4-3-5-10-18/h3-5,9-10,16,19H,2,6-8,11-15,17H2,1H3,(H,25,29). The minimum absolute atomic E-state index is 0.0519. The van der Waals surface area contributed by atoms with Crippen molar-refractivity contribution < 1.29 is 14.1 Å². The van der Waals surface area contributed by atoms with E-state index in [9.17, 15) is 9.59 Å². The predicted octanol–water partition coefficient (Wildman–Crippen LogP) is 3.96. The number of carbonyl (C=O) groups excluding carboxylic acids is 2. The Morgan fingerprint density at radius 1 is 1.20 bits per heavy atom. The minimum Gasteiger partial charge on any atom is -0.361 e. The van der Waals surface area contributed by atoms with Crippen LogP contribution in [0.4, 0.5) is 0 Å². The summed E-state index contributed by atoms with van der Waals surface area (Å²) in [7, 11) is 0. The van der Waals surface area contributed by atoms with E-state index in [1.807, 2.05) is 48.2 Å². The zero-order chi connectivity index (χ0) is 21.0. The van der Waals surface area contributed by atoms with E-state index in [1.54, 1.807) is 0 Å². The molecule has 6 nitrogen and oxygen atoms in total. The van der Waals surface area contributed by atoms with Gasteiger partial charge in [0.2, 0.25) is 11.8 Å². The van der Waals surface area contributed by atoms with Gasteiger partial charge in [-0.1, -0.05) is 55.3 Å². The molecule has 4 rings (SSSR count). The third-order valence-corrected chi connectivity index (χ3v) is 6.51. The first-order valence-corrected chi connectivity index (χ1v) is 11.2. The van der Waals surface area contributed by atoms with E-state index >= 15 is 0 Å². The fourth-order valence-corrected chi connectivity index (χ4v) is 4.93. The van der Waals surface area contributed by atoms with Gasteiger partial charge in [-0.3, -0.25) is 9.59 Å². The molecule has 6 heteroatoms. The van der Waals surface area contributed by atoms with Crippen molar-refractivity contribution in [1.82, 2.24) is 15.4 Å². The number of benzene rings is 1. The maximum atomic E-state index is 13.4. The Labute approximate surface area is 178 Å². The van der Waals surface area contributed by atoms with E-state index in [4.69, 9.17) is 4.52 Å². The van der Waals surface area contributed by atoms with Crippen LogP contribution in [0.2, 0.25) is 0 Å². The highest BCUT2D eigenvalue weighted by Crippen LogP contribution is 2.38. The summed E-state index contributed by atoms with van der Waals surface area (Å²) in [5.74, 6) is 0.771. The van der Waals surface area contributed by atoms with Crippen LogP contribution in [0.5, 0.6) is 0 Å². The maximum absolute atomic E-state index is 13.4. The topological polar surface area (TPSA) is 75.4 Å². The highest BCUT2D eigenvalue weighted by Gasteiger charge is 2.51. The van der Waals surface area contributed by atoms with Crippen molar-refractivity contribution in [2.24, 2.45) is 5.92 Å². The van der Waals surface area contributed by atoms with E-state index in [0.29, 0.717) is 31.7 Å². The highest BCUT2D eigenvalue weighted by atomic mass is 16.5. The molecule has 1 saturated heterocycles. The van der Waals surface area contributed by atoms with Crippen LogP contribution in [0.3, 0.4) is 0 Å². The normalized spacial score (nSPS) is 21.8. The SMILES string of the molecule is CCCNC(=O)C1(Cc2cc(-c3ccccc3)no2)CCCN1C(=O)C1CCCC1. The summed E-state index contributed by atoms with van der Waals surface area (Å²) < 4.78 is 5.65. The quantitative estimate of drug-likeness (QED) is 0.751. The fraction of sp³-hybridized carbons (Fsp3) is 0.542. The predicted molar refractivity (Wildman–Crippen MR) is 115 cm³/mol. The molecule has 1 aliphatic carbocycles. The van der Waals surface area contributed by atoms with Crippen molar-refractivity contribution in [3.63, 3.8) is 0 Å². The summed E-state index contributed by atoms with van der Waals surface area (Å²) >= 11 is 0. The van der Waals surface area contributed by atoms with Gasteiger partial charge in [-0.05, 0) is 32.1 Å². The van der Waals surface area contributed by atoms with Gasteiger partial charge in [0.25, 0.3) is 0 Å². The van der Waals surface area contributed by atoms with Gasteiger partial charge in [-0.25, -0.2) is 0 Å². The number of rotatable bonds is 7. The third kappa shape index (κ3) is 4.00. The lowest BCUT2D eigenvalue weighted by atomic mass is 9.88. The number of hydrogen-bond donors (Lipinski definition) is 1. The zero-order valence-electron chi connectivity index (χ0n) is 17.7. The van der Waals surface area contributed by atoms with Crippen LogP contribution >= 0.6 is 0 Å². The van der Waals surface area contributed by atoms with Crippen molar-refractivity contribution in [3.8, 4) is 11.3 Å². The molecule has 1 unspecified atom stereocenters. The molecule has 2 fully saturated rings. The van der Waals surface area contributed by atoms with Crippen molar-refractivity contribution in [2.75, 3.05) is 13.1 Å². The van der Waals surface area contributed by atoms with Crippen molar-refractivity contribution in [3.05, 3.63) is 42.2 Å². The van der Waals surface area contributed by atoms with Crippen LogP contribution in [0.1, 0.15) is 57.6 Å². The minimum atomic E-state index is -0.887. The van der Waals surface area contributed by atoms with Crippen molar-refractivity contribution >= 4 is 11.8 Å². The summed E-state index contributed by atoms with van der Waals surface area (Å²) in [6, 6.07) is 11.8. The molecule has 1 aliphatic heterocycles. The molecule has 1 aromatic carbocycles. The van der Waals surface area contributed by atoms with Gasteiger partial charge < -0.3 is 14.7 Å². The summed E-state index contributed by atoms with van der Waals surface area (Å²) in [6.45, 7) is 3.28. The van der Waals surface area contributed by atoms with Gasteiger partial charge in [-0.15, -0.1) is 0 Å². The van der Waals surface area contributed by atoms with E-state index < -0.39 is 5.54 Å². The van der Waals surface area contributed by atoms with Gasteiger partial charge in [0.05, 0.1) is 0 Å². The maximum Gasteiger partial charge on any atom is 0.246 e. The Hall–Kier alpha value is -2.63. The molecule has 2 amide bonds. The molecular weight excluding hydrogens is 378 g/mol. The summed E-state index contributed by atoms with van der Waals surface area (Å²) in [6.07, 6.45) is 6.77. The first-order valence-electron chi connectivity index (χ1n) is 11.2. The second-order valence-corrected chi connectivity index (χ2v) is 8.58. The Balaban J connectivity index is 1.62. The number of amides is 2. The summed E-state index contributed by atoms with van der Waals surface area (Å²) in [5.41, 5.74) is 0.839. The lowest BCUT2D eigenvalue weighted by Crippen LogP contribution is -2.59. The average Bonchev–Trinajstić information content (AvgIpc) is 3.53. The molecule has 1 saturated carbocycles. The molecule has 2 aromatic rings. The summed E-state index contributed by atoms with van der Waals surface area (Å²) in [4.78, 5) is 28.6. The lowest BCUT2D eigenvalue weighted by Gasteiger charge is -2.38. The first-order chi connectivity index (χ1) is 14.6. The molecule has 160 valence electrons. The Morgan fingerprint density at radius 3 is 2.70 bits per heavy atom. The lowest BCUT2D eigenvalue weighted by molar-refractivity contribution is -0.148. The molecule has 0 spiro atoms. The molecule has 0 bridgehead atoms. The Kier molecular flexibility index (Phi) is 6.21. The van der Waals surface area contributed by atoms with Crippen LogP contribution in [0, 0.1) is 5.92 Å². The van der Waals surface area contributed by atoms with Crippen LogP contribution < -0.4 is 5.32 Å². The molecule has 2 aliphatic rings. The van der Waals surface area contributed by atoms with Crippen molar-refractivity contribution in [1.29, 1.82) is 0 Å². The van der Waals surface area contributed by atoms with Crippen LogP contribution in [-0.4, -0.2) is 40.5 Å². The van der Waals surface area contributed by atoms with E-state index in [-0.39, 0.29) is 17.7 Å². The van der Waals surface area contributed by atoms with Gasteiger partial charge in [0.1, 0.15) is 17.0 Å². The summed E-state index contributed by atoms with van der Waals surface area (Å²) in [5, 5.41) is 7.27. The molecule has 0 radical (unpaired) electrons. The highest BCUT2D eigenvalue weighted by molar-refractivity contribution is 5.93. The Morgan fingerprint density at radius 2 is 1.97 bits per heavy atom. The molecular formula is C24H31N3O3. The number of nitrogens with zero attached hydrogens (tertiary/aromatic N) is 2. The number of hydrogen-bond acceptors (Lipinski definition) is 4. The van der Waals surface area contributed by atoms with E-state index in [2.05, 4.69) is 10.5 Å². The molecule has 2 heterocycles. The third-order valence-electron chi connectivity index (χ3n) is 6.51. The van der Waals surface area contributed by atoms with E-state index in [0.717, 1.165) is 49.8 Å². The average molecular weight is 410 g/mol. The number of aromatic nitrogens is 1. The van der Waals surface area contributed by atoms with Crippen molar-refractivity contribution in [2.45, 2.75) is 63.8 Å². The fourth-order valence-electron chi connectivity index (χ4n) is 4.93. The van der Waals surface area contributed by atoms with E-state index in [1.165, 1.54) is 0 Å². The Bertz CT molecular complexity index is 873. The number of likely N-dealkylation sites (tertiary alicyclic amines) is 1. The number of carbonyl (C=O) groups is 2. The van der Waals surface area contributed by atoms with Crippen LogP contribution in [0.25, 0.3) is 11.3 Å². The zero-order valence-corrected chi connectivity index (χ0v) is 17.7. The molecule has 1 atom stereocenters. The van der Waals surface area contributed by atoms with Gasteiger partial charge >= 0.3 is 0 Å². The molecule has 1 aromatic heterocycles. The second-order valence-electron chi connectivity index (χ2n) is 8.58. The smallest absolute Gasteiger partial charge is 0.246 e. The largest absolute Gasteiger partial charge is 0.361 e. The van der Waals surface area contributed by atoms with Gasteiger partial charge in [0, 0.05) is 37.1 Å². The second kappa shape index (κ2) is 9.02. The molecule has 1 N–H and O–H groups in total. The monoisotopic (exact) mass is 409 g/mol. The molecule has 30 heavy (non-hydrogen) atoms. The van der Waals surface area contributed by atoms with Crippen LogP contribution in [0.15, 0.2) is 40.9 Å². The van der Waals surface area contributed by atoms with Gasteiger partial charge in [0.15, 0.2) is 0 Å².